The Balaban J connectivity index is 1.74. The zero-order valence-electron chi connectivity index (χ0n) is 55.8. The molecule has 0 radical (unpaired) electrons. The van der Waals surface area contributed by atoms with E-state index in [-0.39, 0.29) is 73.8 Å². The van der Waals surface area contributed by atoms with Crippen LogP contribution in [-0.2, 0) is 107 Å². The molecule has 12 nitrogen and oxygen atoms in total. The predicted molar refractivity (Wildman–Crippen MR) is 341 cm³/mol. The third kappa shape index (κ3) is 20.3. The van der Waals surface area contributed by atoms with Crippen LogP contribution >= 0.6 is 0 Å². The Labute approximate surface area is 511 Å². The lowest BCUT2D eigenvalue weighted by atomic mass is 9.77. The first kappa shape index (κ1) is 72.1. The highest BCUT2D eigenvalue weighted by Gasteiger charge is 2.39. The Morgan fingerprint density at radius 2 is 0.482 bits per heavy atom. The summed E-state index contributed by atoms with van der Waals surface area (Å²) < 4.78 is 24.6. The van der Waals surface area contributed by atoms with Crippen LogP contribution in [0.1, 0.15) is 231 Å². The molecule has 0 bridgehead atoms. The SMILES string of the molecule is CC(C)(C)c1cc(C(C)(C)CO)ccc1CCC(=O)OCC(COC(=O)CCc1ccc(C(C)(C)CO)cc1C(C)(C)C)(COC(=O)CCc1ccc(C(C)(C)CO)cc1C(C)(C)C)COC(=O)CCc1ccc(C(C)(C)CO)cc1C(C)(C)C. The maximum Gasteiger partial charge on any atom is 0.306 e. The predicted octanol–water partition coefficient (Wildman–Crippen LogP) is 12.9. The van der Waals surface area contributed by atoms with Gasteiger partial charge < -0.3 is 39.4 Å². The van der Waals surface area contributed by atoms with Gasteiger partial charge in [-0.25, -0.2) is 0 Å². The van der Waals surface area contributed by atoms with E-state index >= 15 is 0 Å². The van der Waals surface area contributed by atoms with Crippen LogP contribution in [0, 0.1) is 5.41 Å². The van der Waals surface area contributed by atoms with E-state index in [0.29, 0.717) is 25.7 Å². The van der Waals surface area contributed by atoms with Crippen LogP contribution in [0.25, 0.3) is 0 Å². The van der Waals surface area contributed by atoms with Gasteiger partial charge in [-0.3, -0.25) is 19.2 Å². The molecule has 4 aromatic carbocycles. The molecule has 0 saturated carbocycles. The Hall–Kier alpha value is -5.40. The molecule has 0 unspecified atom stereocenters. The average Bonchev–Trinajstić information content (AvgIpc) is 1.48. The number of aliphatic hydroxyl groups is 4. The van der Waals surface area contributed by atoms with E-state index in [1.54, 1.807) is 0 Å². The fraction of sp³-hybridized carbons (Fsp3) is 0.616. The highest BCUT2D eigenvalue weighted by molar-refractivity contribution is 5.72. The quantitative estimate of drug-likeness (QED) is 0.0312. The van der Waals surface area contributed by atoms with Gasteiger partial charge in [0, 0.05) is 47.3 Å². The van der Waals surface area contributed by atoms with Crippen molar-refractivity contribution in [2.45, 2.75) is 233 Å². The molecule has 0 fully saturated rings. The first-order valence-electron chi connectivity index (χ1n) is 30.7. The number of hydrogen-bond acceptors (Lipinski definition) is 12. The van der Waals surface area contributed by atoms with Crippen molar-refractivity contribution in [3.63, 3.8) is 0 Å². The van der Waals surface area contributed by atoms with E-state index in [4.69, 9.17) is 18.9 Å². The van der Waals surface area contributed by atoms with Crippen molar-refractivity contribution in [1.29, 1.82) is 0 Å². The fourth-order valence-corrected chi connectivity index (χ4v) is 10.4. The molecule has 0 saturated heterocycles. The van der Waals surface area contributed by atoms with Crippen molar-refractivity contribution in [1.82, 2.24) is 0 Å². The Kier molecular flexibility index (Phi) is 24.3. The lowest BCUT2D eigenvalue weighted by molar-refractivity contribution is -0.170. The zero-order chi connectivity index (χ0) is 64.4. The van der Waals surface area contributed by atoms with Gasteiger partial charge in [0.25, 0.3) is 0 Å². The zero-order valence-corrected chi connectivity index (χ0v) is 55.8. The van der Waals surface area contributed by atoms with Crippen LogP contribution in [0.5, 0.6) is 0 Å². The molecule has 0 aromatic heterocycles. The highest BCUT2D eigenvalue weighted by Crippen LogP contribution is 2.37. The van der Waals surface area contributed by atoms with Gasteiger partial charge >= 0.3 is 23.9 Å². The lowest BCUT2D eigenvalue weighted by Crippen LogP contribution is -2.44. The minimum atomic E-state index is -1.54. The van der Waals surface area contributed by atoms with E-state index in [1.807, 2.05) is 104 Å². The molecule has 12 heteroatoms. The van der Waals surface area contributed by atoms with Gasteiger partial charge in [0.1, 0.15) is 31.8 Å². The largest absolute Gasteiger partial charge is 0.465 e. The van der Waals surface area contributed by atoms with Crippen molar-refractivity contribution in [3.8, 4) is 0 Å². The molecule has 0 aliphatic carbocycles. The van der Waals surface area contributed by atoms with Gasteiger partial charge in [0.05, 0.1) is 26.4 Å². The Morgan fingerprint density at radius 1 is 0.306 bits per heavy atom. The summed E-state index contributed by atoms with van der Waals surface area (Å²) in [4.78, 5) is 56.5. The van der Waals surface area contributed by atoms with Crippen molar-refractivity contribution in [2.24, 2.45) is 5.41 Å². The molecular formula is C73H108O12. The number of esters is 4. The number of carbonyl (C=O) groups is 4. The number of hydrogen-bond donors (Lipinski definition) is 4. The third-order valence-corrected chi connectivity index (χ3v) is 16.9. The summed E-state index contributed by atoms with van der Waals surface area (Å²) in [5.41, 5.74) is 7.29. The average molecular weight is 1180 g/mol. The summed E-state index contributed by atoms with van der Waals surface area (Å²) in [5, 5.41) is 40.8. The van der Waals surface area contributed by atoms with E-state index in [1.165, 1.54) is 0 Å². The van der Waals surface area contributed by atoms with Crippen LogP contribution in [0.15, 0.2) is 72.8 Å². The fourth-order valence-electron chi connectivity index (χ4n) is 10.4. The molecule has 0 atom stereocenters. The molecule has 4 N–H and O–H groups in total. The number of aliphatic hydroxyl groups excluding tert-OH is 4. The maximum absolute atomic E-state index is 14.1. The molecule has 0 heterocycles. The Bertz CT molecular complexity index is 2510. The minimum Gasteiger partial charge on any atom is -0.465 e. The highest BCUT2D eigenvalue weighted by atomic mass is 16.6. The summed E-state index contributed by atoms with van der Waals surface area (Å²) in [6, 6.07) is 24.4. The van der Waals surface area contributed by atoms with Crippen LogP contribution in [0.4, 0.5) is 0 Å². The topological polar surface area (TPSA) is 186 Å². The van der Waals surface area contributed by atoms with Crippen LogP contribution in [-0.4, -0.2) is 97.2 Å². The van der Waals surface area contributed by atoms with Gasteiger partial charge in [-0.2, -0.15) is 0 Å². The van der Waals surface area contributed by atoms with Crippen LogP contribution < -0.4 is 0 Å². The van der Waals surface area contributed by atoms with E-state index in [2.05, 4.69) is 107 Å². The number of ether oxygens (including phenoxy) is 4. The number of benzene rings is 4. The minimum absolute atomic E-state index is 0.0135. The number of aryl methyl sites for hydroxylation is 4. The summed E-state index contributed by atoms with van der Waals surface area (Å²) in [5.74, 6) is -2.22. The number of carbonyl (C=O) groups excluding carboxylic acids is 4. The van der Waals surface area contributed by atoms with Gasteiger partial charge in [-0.1, -0.05) is 211 Å². The van der Waals surface area contributed by atoms with Crippen molar-refractivity contribution < 1.29 is 58.6 Å². The van der Waals surface area contributed by atoms with E-state index in [9.17, 15) is 39.6 Å². The molecule has 0 amide bonds. The van der Waals surface area contributed by atoms with Crippen molar-refractivity contribution in [2.75, 3.05) is 52.9 Å². The third-order valence-electron chi connectivity index (χ3n) is 16.9. The lowest BCUT2D eigenvalue weighted by Gasteiger charge is -2.32. The van der Waals surface area contributed by atoms with Gasteiger partial charge in [-0.05, 0) is 114 Å². The standard InChI is InChI=1S/C73H108O12/c1-65(2,3)57-37-53(69(13,14)41-74)29-21-49(57)25-33-61(78)82-45-73(46-83-62(79)34-26-50-22-30-54(70(15,16)42-75)38-58(50)66(4,5)6,47-84-63(80)35-27-51-23-31-55(71(17,18)43-76)39-59(51)67(7,8)9)48-85-64(81)36-28-52-24-32-56(72(19,20)44-77)40-60(52)68(10,11)12/h21-24,29-32,37-40,74-77H,25-28,33-36,41-48H2,1-20H3. The molecule has 85 heavy (non-hydrogen) atoms. The second-order valence-electron chi connectivity index (χ2n) is 30.8. The number of rotatable bonds is 28. The van der Waals surface area contributed by atoms with Crippen molar-refractivity contribution in [3.05, 3.63) is 140 Å². The summed E-state index contributed by atoms with van der Waals surface area (Å²) >= 11 is 0. The summed E-state index contributed by atoms with van der Waals surface area (Å²) in [7, 11) is 0. The van der Waals surface area contributed by atoms with Crippen LogP contribution in [0.3, 0.4) is 0 Å². The molecule has 0 aliphatic heterocycles. The van der Waals surface area contributed by atoms with E-state index < -0.39 is 77.4 Å². The maximum atomic E-state index is 14.1. The van der Waals surface area contributed by atoms with Gasteiger partial charge in [0.2, 0.25) is 0 Å². The molecule has 0 aliphatic rings. The molecule has 472 valence electrons. The molecular weight excluding hydrogens is 1070 g/mol. The van der Waals surface area contributed by atoms with Gasteiger partial charge in [0.15, 0.2) is 0 Å². The summed E-state index contributed by atoms with van der Waals surface area (Å²) in [6.07, 6.45) is 1.32. The first-order valence-corrected chi connectivity index (χ1v) is 30.7. The monoisotopic (exact) mass is 1180 g/mol. The van der Waals surface area contributed by atoms with Crippen LogP contribution in [0.2, 0.25) is 0 Å². The smallest absolute Gasteiger partial charge is 0.306 e. The van der Waals surface area contributed by atoms with Crippen molar-refractivity contribution >= 4 is 23.9 Å². The second-order valence-corrected chi connectivity index (χ2v) is 30.8. The summed E-state index contributed by atoms with van der Waals surface area (Å²) in [6.45, 7) is 39.3. The molecule has 4 aromatic rings. The van der Waals surface area contributed by atoms with Gasteiger partial charge in [-0.15, -0.1) is 0 Å². The molecule has 4 rings (SSSR count). The second kappa shape index (κ2) is 28.6. The Morgan fingerprint density at radius 3 is 0.635 bits per heavy atom. The first-order chi connectivity index (χ1) is 39.0. The normalized spacial score (nSPS) is 13.2. The molecule has 0 spiro atoms. The van der Waals surface area contributed by atoms with E-state index in [0.717, 1.165) is 66.8 Å².